The molecule has 0 spiro atoms. The molecule has 0 fully saturated rings. The van der Waals surface area contributed by atoms with Crippen molar-refractivity contribution < 1.29 is 0 Å². The van der Waals surface area contributed by atoms with Gasteiger partial charge in [0.25, 0.3) is 0 Å². The number of nitrogens with zero attached hydrogens (tertiary/aromatic N) is 4. The predicted octanol–water partition coefficient (Wildman–Crippen LogP) is 3.36. The van der Waals surface area contributed by atoms with E-state index in [-0.39, 0.29) is 24.0 Å². The van der Waals surface area contributed by atoms with Crippen molar-refractivity contribution in [1.29, 1.82) is 0 Å². The van der Waals surface area contributed by atoms with Crippen LogP contribution >= 0.6 is 46.9 Å². The number of hydrogen-bond acceptors (Lipinski definition) is 4. The summed E-state index contributed by atoms with van der Waals surface area (Å²) in [7, 11) is 0. The van der Waals surface area contributed by atoms with E-state index in [2.05, 4.69) is 25.6 Å². The van der Waals surface area contributed by atoms with Crippen LogP contribution in [0.5, 0.6) is 0 Å². The zero-order chi connectivity index (χ0) is 16.8. The van der Waals surface area contributed by atoms with Crippen molar-refractivity contribution in [2.24, 2.45) is 4.99 Å². The van der Waals surface area contributed by atoms with Gasteiger partial charge < -0.3 is 10.6 Å². The smallest absolute Gasteiger partial charge is 0.193 e. The number of hydrogen-bond donors (Lipinski definition) is 2. The number of halogens is 2. The van der Waals surface area contributed by atoms with Crippen molar-refractivity contribution in [1.82, 2.24) is 25.0 Å². The molecule has 0 bridgehead atoms. The van der Waals surface area contributed by atoms with Gasteiger partial charge in [0.05, 0.1) is 12.2 Å². The first-order valence-corrected chi connectivity index (χ1v) is 9.04. The van der Waals surface area contributed by atoms with E-state index in [1.54, 1.807) is 23.6 Å². The van der Waals surface area contributed by atoms with Gasteiger partial charge in [-0.3, -0.25) is 4.40 Å². The first-order valence-electron chi connectivity index (χ1n) is 7.78. The first-order chi connectivity index (χ1) is 11.7. The third-order valence-corrected chi connectivity index (χ3v) is 4.38. The lowest BCUT2D eigenvalue weighted by Gasteiger charge is -2.10. The van der Waals surface area contributed by atoms with E-state index in [1.807, 2.05) is 35.2 Å². The molecule has 0 unspecified atom stereocenters. The number of rotatable bonds is 6. The molecule has 3 aromatic rings. The van der Waals surface area contributed by atoms with Crippen LogP contribution in [0.15, 0.2) is 41.1 Å². The molecule has 0 atom stereocenters. The van der Waals surface area contributed by atoms with Crippen LogP contribution in [0.1, 0.15) is 18.2 Å². The van der Waals surface area contributed by atoms with Crippen LogP contribution in [0.4, 0.5) is 0 Å². The number of thiazole rings is 1. The third-order valence-electron chi connectivity index (χ3n) is 3.38. The minimum absolute atomic E-state index is 0. The Balaban J connectivity index is 0.00000225. The van der Waals surface area contributed by atoms with Crippen molar-refractivity contribution in [3.63, 3.8) is 0 Å². The van der Waals surface area contributed by atoms with E-state index >= 15 is 0 Å². The van der Waals surface area contributed by atoms with E-state index < -0.39 is 0 Å². The van der Waals surface area contributed by atoms with Crippen molar-refractivity contribution >= 4 is 57.8 Å². The SMILES string of the molecule is CCNC(=NCc1cn2ccsc2n1)NCCc1ccc(Cl)nc1.I. The van der Waals surface area contributed by atoms with Gasteiger partial charge in [-0.25, -0.2) is 15.0 Å². The van der Waals surface area contributed by atoms with Gasteiger partial charge in [0.2, 0.25) is 0 Å². The highest BCUT2D eigenvalue weighted by atomic mass is 127. The second kappa shape index (κ2) is 9.93. The number of nitrogens with one attached hydrogen (secondary N) is 2. The molecule has 0 saturated heterocycles. The Morgan fingerprint density at radius 3 is 2.96 bits per heavy atom. The summed E-state index contributed by atoms with van der Waals surface area (Å²) in [4.78, 5) is 14.2. The van der Waals surface area contributed by atoms with Gasteiger partial charge in [-0.2, -0.15) is 0 Å². The Bertz CT molecular complexity index is 785. The Morgan fingerprint density at radius 1 is 1.36 bits per heavy atom. The number of fused-ring (bicyclic) bond motifs is 1. The van der Waals surface area contributed by atoms with Gasteiger partial charge in [0, 0.05) is 37.1 Å². The molecular weight excluding hydrogens is 471 g/mol. The molecule has 0 radical (unpaired) electrons. The van der Waals surface area contributed by atoms with Crippen molar-refractivity contribution in [3.8, 4) is 0 Å². The monoisotopic (exact) mass is 490 g/mol. The maximum atomic E-state index is 5.80. The van der Waals surface area contributed by atoms with Crippen LogP contribution in [0.3, 0.4) is 0 Å². The zero-order valence-electron chi connectivity index (χ0n) is 13.8. The highest BCUT2D eigenvalue weighted by Gasteiger charge is 2.03. The largest absolute Gasteiger partial charge is 0.357 e. The molecule has 134 valence electrons. The van der Waals surface area contributed by atoms with E-state index in [1.165, 1.54) is 0 Å². The molecule has 3 aromatic heterocycles. The molecule has 9 heteroatoms. The van der Waals surface area contributed by atoms with Crippen LogP contribution in [0.25, 0.3) is 4.96 Å². The first kappa shape index (κ1) is 19.9. The Kier molecular flexibility index (Phi) is 7.91. The summed E-state index contributed by atoms with van der Waals surface area (Å²) in [6.07, 6.45) is 6.67. The molecule has 0 aromatic carbocycles. The number of imidazole rings is 1. The summed E-state index contributed by atoms with van der Waals surface area (Å²) >= 11 is 7.42. The van der Waals surface area contributed by atoms with Crippen LogP contribution in [0, 0.1) is 0 Å². The standard InChI is InChI=1S/C16H19ClN6S.HI/c1-2-18-15(19-6-5-12-3-4-14(17)20-9-12)21-10-13-11-23-7-8-24-16(23)22-13;/h3-4,7-9,11H,2,5-6,10H2,1H3,(H2,18,19,21);1H. The number of guanidine groups is 1. The molecule has 0 amide bonds. The second-order valence-corrected chi connectivity index (χ2v) is 6.45. The maximum absolute atomic E-state index is 5.80. The lowest BCUT2D eigenvalue weighted by atomic mass is 10.2. The molecule has 6 nitrogen and oxygen atoms in total. The van der Waals surface area contributed by atoms with Gasteiger partial charge in [0.1, 0.15) is 5.15 Å². The lowest BCUT2D eigenvalue weighted by Crippen LogP contribution is -2.38. The molecule has 0 aliphatic heterocycles. The molecule has 0 aliphatic rings. The molecule has 0 aliphatic carbocycles. The highest BCUT2D eigenvalue weighted by molar-refractivity contribution is 14.0. The molecular formula is C16H20ClIN6S. The highest BCUT2D eigenvalue weighted by Crippen LogP contribution is 2.11. The molecule has 0 saturated carbocycles. The van der Waals surface area contributed by atoms with Gasteiger partial charge >= 0.3 is 0 Å². The Labute approximate surface area is 172 Å². The average Bonchev–Trinajstić information content (AvgIpc) is 3.16. The van der Waals surface area contributed by atoms with Gasteiger partial charge in [-0.1, -0.05) is 17.7 Å². The summed E-state index contributed by atoms with van der Waals surface area (Å²) in [5.74, 6) is 0.788. The van der Waals surface area contributed by atoms with Crippen molar-refractivity contribution in [3.05, 3.63) is 52.5 Å². The Morgan fingerprint density at radius 2 is 2.24 bits per heavy atom. The van der Waals surface area contributed by atoms with Crippen LogP contribution in [-0.2, 0) is 13.0 Å². The van der Waals surface area contributed by atoms with Crippen molar-refractivity contribution in [2.45, 2.75) is 19.9 Å². The minimum Gasteiger partial charge on any atom is -0.357 e. The molecule has 3 rings (SSSR count). The fourth-order valence-corrected chi connectivity index (χ4v) is 3.06. The fraction of sp³-hybridized carbons (Fsp3) is 0.312. The van der Waals surface area contributed by atoms with Gasteiger partial charge in [-0.05, 0) is 25.0 Å². The summed E-state index contributed by atoms with van der Waals surface area (Å²) in [6.45, 7) is 4.18. The van der Waals surface area contributed by atoms with E-state index in [9.17, 15) is 0 Å². The van der Waals surface area contributed by atoms with Crippen LogP contribution < -0.4 is 10.6 Å². The van der Waals surface area contributed by atoms with Gasteiger partial charge in [0.15, 0.2) is 10.9 Å². The van der Waals surface area contributed by atoms with Gasteiger partial charge in [-0.15, -0.1) is 35.3 Å². The summed E-state index contributed by atoms with van der Waals surface area (Å²) in [5, 5.41) is 9.11. The number of aromatic nitrogens is 3. The number of pyridine rings is 1. The second-order valence-electron chi connectivity index (χ2n) is 5.19. The molecule has 25 heavy (non-hydrogen) atoms. The zero-order valence-corrected chi connectivity index (χ0v) is 17.7. The quantitative estimate of drug-likeness (QED) is 0.241. The van der Waals surface area contributed by atoms with Crippen molar-refractivity contribution in [2.75, 3.05) is 13.1 Å². The Hall–Kier alpha value is -1.39. The third kappa shape index (κ3) is 5.82. The molecule has 3 heterocycles. The van der Waals surface area contributed by atoms with E-state index in [4.69, 9.17) is 11.6 Å². The van der Waals surface area contributed by atoms with E-state index in [0.29, 0.717) is 11.7 Å². The minimum atomic E-state index is 0. The average molecular weight is 491 g/mol. The topological polar surface area (TPSA) is 66.6 Å². The maximum Gasteiger partial charge on any atom is 0.193 e. The predicted molar refractivity (Wildman–Crippen MR) is 114 cm³/mol. The summed E-state index contributed by atoms with van der Waals surface area (Å²) in [6, 6.07) is 3.79. The normalized spacial score (nSPS) is 11.4. The molecule has 2 N–H and O–H groups in total. The summed E-state index contributed by atoms with van der Waals surface area (Å²) in [5.41, 5.74) is 2.10. The van der Waals surface area contributed by atoms with E-state index in [0.717, 1.165) is 41.7 Å². The summed E-state index contributed by atoms with van der Waals surface area (Å²) < 4.78 is 2.02. The lowest BCUT2D eigenvalue weighted by molar-refractivity contribution is 0.796. The fourth-order valence-electron chi connectivity index (χ4n) is 2.23. The van der Waals surface area contributed by atoms with Crippen LogP contribution in [0.2, 0.25) is 5.15 Å². The van der Waals surface area contributed by atoms with Crippen LogP contribution in [-0.4, -0.2) is 33.4 Å². The number of aliphatic imine (C=N–C) groups is 1.